The highest BCUT2D eigenvalue weighted by atomic mass is 16.6. The molecule has 0 aromatic heterocycles. The number of nitrogens with zero attached hydrogens (tertiary/aromatic N) is 1. The maximum absolute atomic E-state index is 11.6. The van der Waals surface area contributed by atoms with Crippen LogP contribution < -0.4 is 11.1 Å². The molecule has 1 aromatic carbocycles. The lowest BCUT2D eigenvalue weighted by molar-refractivity contribution is 0.0983. The lowest BCUT2D eigenvalue weighted by atomic mass is 10.1. The number of rotatable bonds is 3. The van der Waals surface area contributed by atoms with E-state index < -0.39 is 0 Å². The second-order valence-electron chi connectivity index (χ2n) is 4.73. The van der Waals surface area contributed by atoms with Crippen LogP contribution in [-0.4, -0.2) is 36.7 Å². The number of piperidine rings is 1. The van der Waals surface area contributed by atoms with Gasteiger partial charge in [-0.1, -0.05) is 0 Å². The van der Waals surface area contributed by atoms with Gasteiger partial charge in [0.25, 0.3) is 0 Å². The van der Waals surface area contributed by atoms with Crippen molar-refractivity contribution >= 4 is 17.5 Å². The van der Waals surface area contributed by atoms with Gasteiger partial charge in [0.15, 0.2) is 0 Å². The van der Waals surface area contributed by atoms with Crippen LogP contribution in [0.25, 0.3) is 0 Å². The fourth-order valence-electron chi connectivity index (χ4n) is 2.24. The van der Waals surface area contributed by atoms with E-state index in [1.807, 2.05) is 31.2 Å². The van der Waals surface area contributed by atoms with Crippen molar-refractivity contribution in [1.29, 1.82) is 0 Å². The van der Waals surface area contributed by atoms with E-state index in [0.717, 1.165) is 37.3 Å². The van der Waals surface area contributed by atoms with E-state index in [1.165, 1.54) is 0 Å². The molecule has 1 aliphatic rings. The molecule has 5 nitrogen and oxygen atoms in total. The number of hydrogen-bond donors (Lipinski definition) is 2. The number of ether oxygens (including phenoxy) is 1. The van der Waals surface area contributed by atoms with Crippen molar-refractivity contribution in [1.82, 2.24) is 4.90 Å². The van der Waals surface area contributed by atoms with Gasteiger partial charge in [-0.25, -0.2) is 4.79 Å². The van der Waals surface area contributed by atoms with Crippen molar-refractivity contribution < 1.29 is 9.53 Å². The van der Waals surface area contributed by atoms with Crippen LogP contribution >= 0.6 is 0 Å². The van der Waals surface area contributed by atoms with E-state index >= 15 is 0 Å². The van der Waals surface area contributed by atoms with Gasteiger partial charge in [-0.05, 0) is 44.0 Å². The Hall–Kier alpha value is -1.91. The quantitative estimate of drug-likeness (QED) is 0.821. The van der Waals surface area contributed by atoms with Gasteiger partial charge in [-0.2, -0.15) is 0 Å². The summed E-state index contributed by atoms with van der Waals surface area (Å²) in [5, 5.41) is 3.47. The topological polar surface area (TPSA) is 67.6 Å². The number of likely N-dealkylation sites (tertiary alicyclic amines) is 1. The van der Waals surface area contributed by atoms with Crippen LogP contribution in [0.15, 0.2) is 24.3 Å². The second kappa shape index (κ2) is 6.31. The van der Waals surface area contributed by atoms with Crippen LogP contribution in [0.4, 0.5) is 16.2 Å². The zero-order valence-corrected chi connectivity index (χ0v) is 11.3. The maximum atomic E-state index is 11.6. The summed E-state index contributed by atoms with van der Waals surface area (Å²) in [6.45, 7) is 3.74. The molecule has 3 N–H and O–H groups in total. The molecule has 0 radical (unpaired) electrons. The fraction of sp³-hybridized carbons (Fsp3) is 0.500. The van der Waals surface area contributed by atoms with Gasteiger partial charge in [0.05, 0.1) is 6.61 Å². The van der Waals surface area contributed by atoms with Gasteiger partial charge in [-0.15, -0.1) is 0 Å². The summed E-state index contributed by atoms with van der Waals surface area (Å²) in [7, 11) is 0. The summed E-state index contributed by atoms with van der Waals surface area (Å²) in [5.74, 6) is 0. The molecule has 1 saturated heterocycles. The first-order chi connectivity index (χ1) is 9.19. The van der Waals surface area contributed by atoms with Gasteiger partial charge in [0.1, 0.15) is 0 Å². The number of nitrogens with one attached hydrogen (secondary N) is 1. The molecule has 2 rings (SSSR count). The van der Waals surface area contributed by atoms with Crippen LogP contribution in [0.3, 0.4) is 0 Å². The smallest absolute Gasteiger partial charge is 0.409 e. The summed E-state index contributed by atoms with van der Waals surface area (Å²) in [6.07, 6.45) is 1.67. The Bertz CT molecular complexity index is 411. The molecule has 104 valence electrons. The summed E-state index contributed by atoms with van der Waals surface area (Å²) in [4.78, 5) is 13.3. The average molecular weight is 263 g/mol. The molecule has 0 aliphatic carbocycles. The van der Waals surface area contributed by atoms with E-state index in [2.05, 4.69) is 5.32 Å². The Labute approximate surface area is 113 Å². The Morgan fingerprint density at radius 3 is 2.58 bits per heavy atom. The SMILES string of the molecule is CCOC(=O)N1CCC(Nc2ccc(N)cc2)CC1. The first-order valence-electron chi connectivity index (χ1n) is 6.73. The summed E-state index contributed by atoms with van der Waals surface area (Å²) in [6, 6.07) is 8.13. The Kier molecular flexibility index (Phi) is 4.49. The molecule has 0 spiro atoms. The van der Waals surface area contributed by atoms with E-state index in [1.54, 1.807) is 4.90 Å². The zero-order chi connectivity index (χ0) is 13.7. The highest BCUT2D eigenvalue weighted by Crippen LogP contribution is 2.18. The predicted octanol–water partition coefficient (Wildman–Crippen LogP) is 2.30. The van der Waals surface area contributed by atoms with Crippen LogP contribution in [0.5, 0.6) is 0 Å². The summed E-state index contributed by atoms with van der Waals surface area (Å²) in [5.41, 5.74) is 7.49. The van der Waals surface area contributed by atoms with Crippen LogP contribution in [-0.2, 0) is 4.74 Å². The molecule has 0 saturated carbocycles. The number of nitrogen functional groups attached to an aromatic ring is 1. The molecular weight excluding hydrogens is 242 g/mol. The minimum Gasteiger partial charge on any atom is -0.450 e. The van der Waals surface area contributed by atoms with Crippen molar-refractivity contribution in [2.24, 2.45) is 0 Å². The number of carbonyl (C=O) groups excluding carboxylic acids is 1. The van der Waals surface area contributed by atoms with Gasteiger partial charge < -0.3 is 20.7 Å². The molecule has 0 unspecified atom stereocenters. The summed E-state index contributed by atoms with van der Waals surface area (Å²) < 4.78 is 5.00. The number of hydrogen-bond acceptors (Lipinski definition) is 4. The van der Waals surface area contributed by atoms with E-state index in [-0.39, 0.29) is 6.09 Å². The first kappa shape index (κ1) is 13.5. The van der Waals surface area contributed by atoms with Gasteiger partial charge in [0.2, 0.25) is 0 Å². The minimum atomic E-state index is -0.201. The number of carbonyl (C=O) groups is 1. The monoisotopic (exact) mass is 263 g/mol. The largest absolute Gasteiger partial charge is 0.450 e. The van der Waals surface area contributed by atoms with Crippen molar-refractivity contribution in [2.45, 2.75) is 25.8 Å². The van der Waals surface area contributed by atoms with Crippen LogP contribution in [0.1, 0.15) is 19.8 Å². The van der Waals surface area contributed by atoms with Gasteiger partial charge >= 0.3 is 6.09 Å². The Balaban J connectivity index is 1.80. The molecule has 1 fully saturated rings. The lowest BCUT2D eigenvalue weighted by Gasteiger charge is -2.32. The number of nitrogens with two attached hydrogens (primary N) is 1. The molecule has 0 bridgehead atoms. The van der Waals surface area contributed by atoms with Crippen LogP contribution in [0.2, 0.25) is 0 Å². The van der Waals surface area contributed by atoms with Crippen molar-refractivity contribution in [3.8, 4) is 0 Å². The number of amides is 1. The van der Waals surface area contributed by atoms with Gasteiger partial charge in [-0.3, -0.25) is 0 Å². The van der Waals surface area contributed by atoms with Crippen LogP contribution in [0, 0.1) is 0 Å². The molecule has 1 aromatic rings. The third-order valence-electron chi connectivity index (χ3n) is 3.30. The highest BCUT2D eigenvalue weighted by molar-refractivity contribution is 5.67. The third kappa shape index (κ3) is 3.77. The molecule has 5 heteroatoms. The van der Waals surface area contributed by atoms with Gasteiger partial charge in [0, 0.05) is 30.5 Å². The molecule has 1 heterocycles. The van der Waals surface area contributed by atoms with Crippen molar-refractivity contribution in [2.75, 3.05) is 30.7 Å². The third-order valence-corrected chi connectivity index (χ3v) is 3.30. The Morgan fingerprint density at radius 2 is 2.00 bits per heavy atom. The van der Waals surface area contributed by atoms with Crippen molar-refractivity contribution in [3.63, 3.8) is 0 Å². The first-order valence-corrected chi connectivity index (χ1v) is 6.73. The van der Waals surface area contributed by atoms with Crippen molar-refractivity contribution in [3.05, 3.63) is 24.3 Å². The van der Waals surface area contributed by atoms with E-state index in [0.29, 0.717) is 12.6 Å². The van der Waals surface area contributed by atoms with E-state index in [9.17, 15) is 4.79 Å². The Morgan fingerprint density at radius 1 is 1.37 bits per heavy atom. The molecule has 19 heavy (non-hydrogen) atoms. The summed E-state index contributed by atoms with van der Waals surface area (Å²) >= 11 is 0. The molecule has 1 amide bonds. The predicted molar refractivity (Wildman–Crippen MR) is 76.1 cm³/mol. The highest BCUT2D eigenvalue weighted by Gasteiger charge is 2.23. The fourth-order valence-corrected chi connectivity index (χ4v) is 2.24. The standard InChI is InChI=1S/C14H21N3O2/c1-2-19-14(18)17-9-7-13(8-10-17)16-12-5-3-11(15)4-6-12/h3-6,13,16H,2,7-10,15H2,1H3. The maximum Gasteiger partial charge on any atom is 0.409 e. The normalized spacial score (nSPS) is 16.2. The lowest BCUT2D eigenvalue weighted by Crippen LogP contribution is -2.42. The average Bonchev–Trinajstić information content (AvgIpc) is 2.42. The number of anilines is 2. The minimum absolute atomic E-state index is 0.201. The van der Waals surface area contributed by atoms with E-state index in [4.69, 9.17) is 10.5 Å². The molecule has 0 atom stereocenters. The molecular formula is C14H21N3O2. The zero-order valence-electron chi connectivity index (χ0n) is 11.3. The molecule has 1 aliphatic heterocycles. The second-order valence-corrected chi connectivity index (χ2v) is 4.73. The number of benzene rings is 1.